The van der Waals surface area contributed by atoms with Crippen LogP contribution in [0.3, 0.4) is 0 Å². The lowest BCUT2D eigenvalue weighted by atomic mass is 9.87. The van der Waals surface area contributed by atoms with Crippen LogP contribution in [0, 0.1) is 0 Å². The molecule has 1 amide bonds. The normalized spacial score (nSPS) is 11.2. The van der Waals surface area contributed by atoms with Gasteiger partial charge in [-0.25, -0.2) is 0 Å². The SMILES string of the molecule is CC(C)(C)c1ccc(OCCCC(=O)NC(=S)Nc2cccc3ccccc23)cc1. The lowest BCUT2D eigenvalue weighted by molar-refractivity contribution is -0.119. The zero-order chi connectivity index (χ0) is 21.6. The zero-order valence-corrected chi connectivity index (χ0v) is 18.5. The predicted molar refractivity (Wildman–Crippen MR) is 128 cm³/mol. The molecule has 0 atom stereocenters. The highest BCUT2D eigenvalue weighted by molar-refractivity contribution is 7.80. The third kappa shape index (κ3) is 6.04. The number of rotatable bonds is 6. The van der Waals surface area contributed by atoms with E-state index in [9.17, 15) is 4.79 Å². The number of thiocarbonyl (C=S) groups is 1. The van der Waals surface area contributed by atoms with E-state index in [1.54, 1.807) is 0 Å². The highest BCUT2D eigenvalue weighted by Gasteiger charge is 2.13. The summed E-state index contributed by atoms with van der Waals surface area (Å²) in [7, 11) is 0. The molecule has 0 saturated carbocycles. The molecule has 3 aromatic carbocycles. The first-order valence-corrected chi connectivity index (χ1v) is 10.6. The molecule has 0 fully saturated rings. The Morgan fingerprint density at radius 2 is 1.67 bits per heavy atom. The van der Waals surface area contributed by atoms with Gasteiger partial charge >= 0.3 is 0 Å². The van der Waals surface area contributed by atoms with Gasteiger partial charge in [-0.2, -0.15) is 0 Å². The van der Waals surface area contributed by atoms with Gasteiger partial charge in [-0.3, -0.25) is 4.79 Å². The van der Waals surface area contributed by atoms with Gasteiger partial charge in [0.25, 0.3) is 0 Å². The van der Waals surface area contributed by atoms with Crippen LogP contribution in [0.5, 0.6) is 5.75 Å². The maximum absolute atomic E-state index is 12.2. The van der Waals surface area contributed by atoms with E-state index in [4.69, 9.17) is 17.0 Å². The zero-order valence-electron chi connectivity index (χ0n) is 17.7. The van der Waals surface area contributed by atoms with E-state index in [0.29, 0.717) is 24.6 Å². The molecule has 0 aliphatic heterocycles. The Hall–Kier alpha value is -2.92. The molecular weight excluding hydrogens is 392 g/mol. The fraction of sp³-hybridized carbons (Fsp3) is 0.280. The maximum Gasteiger partial charge on any atom is 0.226 e. The number of carbonyl (C=O) groups is 1. The van der Waals surface area contributed by atoms with Gasteiger partial charge in [0.2, 0.25) is 5.91 Å². The molecule has 30 heavy (non-hydrogen) atoms. The third-order valence-corrected chi connectivity index (χ3v) is 5.03. The molecule has 5 heteroatoms. The molecule has 0 aliphatic carbocycles. The van der Waals surface area contributed by atoms with E-state index in [1.165, 1.54) is 5.56 Å². The first-order valence-electron chi connectivity index (χ1n) is 10.1. The highest BCUT2D eigenvalue weighted by Crippen LogP contribution is 2.24. The Balaban J connectivity index is 1.42. The van der Waals surface area contributed by atoms with Crippen LogP contribution in [0.25, 0.3) is 10.8 Å². The predicted octanol–water partition coefficient (Wildman–Crippen LogP) is 5.81. The molecule has 4 nitrogen and oxygen atoms in total. The van der Waals surface area contributed by atoms with Gasteiger partial charge in [0.15, 0.2) is 5.11 Å². The summed E-state index contributed by atoms with van der Waals surface area (Å²) in [4.78, 5) is 12.2. The summed E-state index contributed by atoms with van der Waals surface area (Å²) < 4.78 is 5.74. The van der Waals surface area contributed by atoms with Gasteiger partial charge in [0.05, 0.1) is 6.61 Å². The van der Waals surface area contributed by atoms with Crippen LogP contribution in [-0.2, 0) is 10.2 Å². The molecule has 3 aromatic rings. The Morgan fingerprint density at radius 3 is 2.40 bits per heavy atom. The standard InChI is InChI=1S/C25H28N2O2S/c1-25(2,3)19-13-15-20(16-14-19)29-17-7-12-23(28)27-24(30)26-22-11-6-9-18-8-4-5-10-21(18)22/h4-6,8-11,13-16H,7,12,17H2,1-3H3,(H2,26,27,28,30). The van der Waals surface area contributed by atoms with E-state index >= 15 is 0 Å². The second-order valence-corrected chi connectivity index (χ2v) is 8.66. The van der Waals surface area contributed by atoms with Crippen LogP contribution in [0.4, 0.5) is 5.69 Å². The molecule has 0 radical (unpaired) electrons. The Bertz CT molecular complexity index is 1020. The molecule has 0 aliphatic rings. The van der Waals surface area contributed by atoms with E-state index in [1.807, 2.05) is 54.6 Å². The Morgan fingerprint density at radius 1 is 0.967 bits per heavy atom. The van der Waals surface area contributed by atoms with Crippen molar-refractivity contribution in [3.8, 4) is 5.75 Å². The number of anilines is 1. The lowest BCUT2D eigenvalue weighted by Crippen LogP contribution is -2.34. The van der Waals surface area contributed by atoms with Crippen molar-refractivity contribution in [2.45, 2.75) is 39.0 Å². The summed E-state index contributed by atoms with van der Waals surface area (Å²) in [6, 6.07) is 22.1. The number of benzene rings is 3. The van der Waals surface area contributed by atoms with E-state index in [-0.39, 0.29) is 11.3 Å². The van der Waals surface area contributed by atoms with Crippen LogP contribution < -0.4 is 15.4 Å². The number of carbonyl (C=O) groups excluding carboxylic acids is 1. The van der Waals surface area contributed by atoms with Crippen molar-refractivity contribution in [2.24, 2.45) is 0 Å². The van der Waals surface area contributed by atoms with Gasteiger partial charge in [-0.1, -0.05) is 69.3 Å². The summed E-state index contributed by atoms with van der Waals surface area (Å²) in [5, 5.41) is 8.33. The van der Waals surface area contributed by atoms with Gasteiger partial charge < -0.3 is 15.4 Å². The monoisotopic (exact) mass is 420 g/mol. The van der Waals surface area contributed by atoms with Crippen molar-refractivity contribution >= 4 is 39.7 Å². The lowest BCUT2D eigenvalue weighted by Gasteiger charge is -2.19. The summed E-state index contributed by atoms with van der Waals surface area (Å²) in [5.74, 6) is 0.691. The molecule has 3 rings (SSSR count). The third-order valence-electron chi connectivity index (χ3n) is 4.83. The molecule has 2 N–H and O–H groups in total. The van der Waals surface area contributed by atoms with Gasteiger partial charge in [-0.15, -0.1) is 0 Å². The van der Waals surface area contributed by atoms with Crippen LogP contribution in [-0.4, -0.2) is 17.6 Å². The number of nitrogens with one attached hydrogen (secondary N) is 2. The highest BCUT2D eigenvalue weighted by atomic mass is 32.1. The fourth-order valence-corrected chi connectivity index (χ4v) is 3.37. The van der Waals surface area contributed by atoms with Crippen molar-refractivity contribution in [1.29, 1.82) is 0 Å². The molecular formula is C25H28N2O2S. The summed E-state index contributed by atoms with van der Waals surface area (Å²) in [5.41, 5.74) is 2.26. The summed E-state index contributed by atoms with van der Waals surface area (Å²) in [6.07, 6.45) is 0.959. The molecule has 0 aromatic heterocycles. The molecule has 0 unspecified atom stereocenters. The minimum Gasteiger partial charge on any atom is -0.494 e. The molecule has 0 heterocycles. The number of hydrogen-bond donors (Lipinski definition) is 2. The van der Waals surface area contributed by atoms with Gasteiger partial charge in [0, 0.05) is 17.5 Å². The number of hydrogen-bond acceptors (Lipinski definition) is 3. The first kappa shape index (κ1) is 21.8. The van der Waals surface area contributed by atoms with Gasteiger partial charge in [-0.05, 0) is 53.2 Å². The minimum atomic E-state index is -0.126. The molecule has 0 spiro atoms. The molecule has 156 valence electrons. The van der Waals surface area contributed by atoms with Crippen molar-refractivity contribution in [3.05, 3.63) is 72.3 Å². The fourth-order valence-electron chi connectivity index (χ4n) is 3.15. The van der Waals surface area contributed by atoms with E-state index in [0.717, 1.165) is 22.2 Å². The second-order valence-electron chi connectivity index (χ2n) is 8.26. The first-order chi connectivity index (χ1) is 14.3. The summed E-state index contributed by atoms with van der Waals surface area (Å²) in [6.45, 7) is 7.02. The average molecular weight is 421 g/mol. The number of amides is 1. The van der Waals surface area contributed by atoms with E-state index < -0.39 is 0 Å². The van der Waals surface area contributed by atoms with Crippen molar-refractivity contribution in [1.82, 2.24) is 5.32 Å². The van der Waals surface area contributed by atoms with E-state index in [2.05, 4.69) is 43.5 Å². The molecule has 0 bridgehead atoms. The minimum absolute atomic E-state index is 0.120. The number of fused-ring (bicyclic) bond motifs is 1. The summed E-state index contributed by atoms with van der Waals surface area (Å²) >= 11 is 5.30. The van der Waals surface area contributed by atoms with Crippen molar-refractivity contribution in [3.63, 3.8) is 0 Å². The quantitative estimate of drug-likeness (QED) is 0.390. The van der Waals surface area contributed by atoms with Crippen molar-refractivity contribution < 1.29 is 9.53 Å². The van der Waals surface area contributed by atoms with Crippen molar-refractivity contribution in [2.75, 3.05) is 11.9 Å². The topological polar surface area (TPSA) is 50.4 Å². The number of ether oxygens (including phenoxy) is 1. The largest absolute Gasteiger partial charge is 0.494 e. The smallest absolute Gasteiger partial charge is 0.226 e. The Labute approximate surface area is 183 Å². The maximum atomic E-state index is 12.2. The average Bonchev–Trinajstić information content (AvgIpc) is 2.71. The Kier molecular flexibility index (Phi) is 7.06. The van der Waals surface area contributed by atoms with Crippen LogP contribution in [0.15, 0.2) is 66.7 Å². The van der Waals surface area contributed by atoms with Crippen LogP contribution >= 0.6 is 12.2 Å². The van der Waals surface area contributed by atoms with Crippen LogP contribution in [0.1, 0.15) is 39.2 Å². The van der Waals surface area contributed by atoms with Crippen LogP contribution in [0.2, 0.25) is 0 Å². The molecule has 0 saturated heterocycles. The van der Waals surface area contributed by atoms with Gasteiger partial charge in [0.1, 0.15) is 5.75 Å². The second kappa shape index (κ2) is 9.72.